The van der Waals surface area contributed by atoms with Crippen LogP contribution < -0.4 is 0 Å². The van der Waals surface area contributed by atoms with Crippen molar-refractivity contribution < 1.29 is 10.2 Å². The van der Waals surface area contributed by atoms with Crippen LogP contribution in [0.5, 0.6) is 5.75 Å². The van der Waals surface area contributed by atoms with Crippen molar-refractivity contribution in [1.82, 2.24) is 0 Å². The monoisotopic (exact) mass is 192 g/mol. The van der Waals surface area contributed by atoms with E-state index in [1.165, 1.54) is 17.5 Å². The maximum Gasteiger partial charge on any atom is 0.119 e. The fourth-order valence-electron chi connectivity index (χ4n) is 2.13. The largest absolute Gasteiger partial charge is 0.508 e. The van der Waals surface area contributed by atoms with Gasteiger partial charge in [0, 0.05) is 6.61 Å². The highest BCUT2D eigenvalue weighted by atomic mass is 16.3. The third kappa shape index (κ3) is 1.75. The zero-order valence-corrected chi connectivity index (χ0v) is 8.29. The topological polar surface area (TPSA) is 40.5 Å². The van der Waals surface area contributed by atoms with Gasteiger partial charge in [-0.1, -0.05) is 6.07 Å². The second kappa shape index (κ2) is 4.01. The van der Waals surface area contributed by atoms with E-state index < -0.39 is 0 Å². The molecular formula is C12H16O2. The van der Waals surface area contributed by atoms with Crippen molar-refractivity contribution in [2.75, 3.05) is 6.61 Å². The van der Waals surface area contributed by atoms with Crippen LogP contribution in [0, 0.1) is 0 Å². The number of aromatic hydroxyl groups is 1. The lowest BCUT2D eigenvalue weighted by Crippen LogP contribution is -1.93. The lowest BCUT2D eigenvalue weighted by molar-refractivity contribution is 0.288. The van der Waals surface area contributed by atoms with Gasteiger partial charge in [0.05, 0.1) is 0 Å². The molecule has 76 valence electrons. The van der Waals surface area contributed by atoms with Crippen LogP contribution in [0.2, 0.25) is 0 Å². The van der Waals surface area contributed by atoms with Crippen molar-refractivity contribution in [1.29, 1.82) is 0 Å². The molecule has 14 heavy (non-hydrogen) atoms. The maximum absolute atomic E-state index is 9.72. The first-order chi connectivity index (χ1) is 6.81. The number of fused-ring (bicyclic) bond motifs is 1. The van der Waals surface area contributed by atoms with Crippen molar-refractivity contribution in [3.63, 3.8) is 0 Å². The van der Waals surface area contributed by atoms with E-state index in [1.807, 2.05) is 6.07 Å². The number of hydrogen-bond acceptors (Lipinski definition) is 2. The molecule has 0 fully saturated rings. The van der Waals surface area contributed by atoms with Gasteiger partial charge in [-0.2, -0.15) is 0 Å². The van der Waals surface area contributed by atoms with Crippen LogP contribution in [0.3, 0.4) is 0 Å². The van der Waals surface area contributed by atoms with Crippen molar-refractivity contribution in [3.8, 4) is 5.75 Å². The quantitative estimate of drug-likeness (QED) is 0.766. The number of aliphatic hydroxyl groups excluding tert-OH is 1. The van der Waals surface area contributed by atoms with Crippen molar-refractivity contribution in [3.05, 3.63) is 28.8 Å². The standard InChI is InChI=1S/C12H16O2/c13-6-2-5-11-7-9-3-1-4-10(9)8-12(11)14/h7-8,13-14H,1-6H2. The predicted octanol–water partition coefficient (Wildman–Crippen LogP) is 1.81. The molecule has 2 N–H and O–H groups in total. The van der Waals surface area contributed by atoms with Gasteiger partial charge in [0.15, 0.2) is 0 Å². The lowest BCUT2D eigenvalue weighted by Gasteiger charge is -2.07. The van der Waals surface area contributed by atoms with E-state index in [0.29, 0.717) is 5.75 Å². The summed E-state index contributed by atoms with van der Waals surface area (Å²) in [4.78, 5) is 0. The molecule has 1 aliphatic carbocycles. The summed E-state index contributed by atoms with van der Waals surface area (Å²) in [5.74, 6) is 0.402. The molecule has 2 heteroatoms. The van der Waals surface area contributed by atoms with Gasteiger partial charge in [0.25, 0.3) is 0 Å². The van der Waals surface area contributed by atoms with Gasteiger partial charge in [-0.3, -0.25) is 0 Å². The van der Waals surface area contributed by atoms with Gasteiger partial charge in [-0.05, 0) is 54.9 Å². The smallest absolute Gasteiger partial charge is 0.119 e. The van der Waals surface area contributed by atoms with Gasteiger partial charge in [-0.25, -0.2) is 0 Å². The molecule has 0 aliphatic heterocycles. The van der Waals surface area contributed by atoms with Gasteiger partial charge in [0.1, 0.15) is 5.75 Å². The van der Waals surface area contributed by atoms with Crippen LogP contribution >= 0.6 is 0 Å². The van der Waals surface area contributed by atoms with E-state index in [4.69, 9.17) is 5.11 Å². The summed E-state index contributed by atoms with van der Waals surface area (Å²) in [6.07, 6.45) is 4.95. The summed E-state index contributed by atoms with van der Waals surface area (Å²) in [7, 11) is 0. The Morgan fingerprint density at radius 2 is 1.86 bits per heavy atom. The molecule has 0 heterocycles. The number of rotatable bonds is 3. The molecule has 2 nitrogen and oxygen atoms in total. The predicted molar refractivity (Wildman–Crippen MR) is 55.5 cm³/mol. The normalized spacial score (nSPS) is 14.4. The van der Waals surface area contributed by atoms with Crippen LogP contribution in [0.1, 0.15) is 29.5 Å². The number of hydrogen-bond donors (Lipinski definition) is 2. The highest BCUT2D eigenvalue weighted by molar-refractivity contribution is 5.44. The zero-order chi connectivity index (χ0) is 9.97. The second-order valence-corrected chi connectivity index (χ2v) is 3.93. The number of benzene rings is 1. The van der Waals surface area contributed by atoms with Crippen LogP contribution in [0.15, 0.2) is 12.1 Å². The Kier molecular flexibility index (Phi) is 2.73. The van der Waals surface area contributed by atoms with Gasteiger partial charge in [0.2, 0.25) is 0 Å². The highest BCUT2D eigenvalue weighted by Gasteiger charge is 2.13. The Labute approximate surface area is 84.2 Å². The third-order valence-electron chi connectivity index (χ3n) is 2.90. The average Bonchev–Trinajstić information content (AvgIpc) is 2.61. The summed E-state index contributed by atoms with van der Waals surface area (Å²) < 4.78 is 0. The van der Waals surface area contributed by atoms with Crippen LogP contribution in [0.25, 0.3) is 0 Å². The number of phenolic OH excluding ortho intramolecular Hbond substituents is 1. The van der Waals surface area contributed by atoms with Crippen molar-refractivity contribution in [2.45, 2.75) is 32.1 Å². The molecule has 0 radical (unpaired) electrons. The molecule has 0 unspecified atom stereocenters. The summed E-state index contributed by atoms with van der Waals surface area (Å²) in [6, 6.07) is 4.00. The molecule has 0 aromatic heterocycles. The summed E-state index contributed by atoms with van der Waals surface area (Å²) >= 11 is 0. The minimum Gasteiger partial charge on any atom is -0.508 e. The first-order valence-corrected chi connectivity index (χ1v) is 5.26. The Morgan fingerprint density at radius 1 is 1.14 bits per heavy atom. The minimum atomic E-state index is 0.191. The highest BCUT2D eigenvalue weighted by Crippen LogP contribution is 2.29. The Bertz CT molecular complexity index is 331. The molecule has 0 spiro atoms. The van der Waals surface area contributed by atoms with E-state index in [-0.39, 0.29) is 6.61 Å². The Morgan fingerprint density at radius 3 is 2.57 bits per heavy atom. The van der Waals surface area contributed by atoms with E-state index in [0.717, 1.165) is 31.2 Å². The maximum atomic E-state index is 9.72. The summed E-state index contributed by atoms with van der Waals surface area (Å²) in [5, 5.41) is 18.4. The van der Waals surface area contributed by atoms with E-state index in [1.54, 1.807) is 0 Å². The van der Waals surface area contributed by atoms with E-state index in [9.17, 15) is 5.11 Å². The minimum absolute atomic E-state index is 0.191. The van der Waals surface area contributed by atoms with E-state index in [2.05, 4.69) is 6.07 Å². The van der Waals surface area contributed by atoms with Gasteiger partial charge < -0.3 is 10.2 Å². The van der Waals surface area contributed by atoms with Crippen molar-refractivity contribution >= 4 is 0 Å². The lowest BCUT2D eigenvalue weighted by atomic mass is 10.0. The fourth-order valence-corrected chi connectivity index (χ4v) is 2.13. The van der Waals surface area contributed by atoms with Gasteiger partial charge in [-0.15, -0.1) is 0 Å². The molecule has 1 aromatic rings. The molecule has 2 rings (SSSR count). The second-order valence-electron chi connectivity index (χ2n) is 3.93. The van der Waals surface area contributed by atoms with Crippen LogP contribution in [-0.2, 0) is 19.3 Å². The molecule has 0 amide bonds. The van der Waals surface area contributed by atoms with Crippen molar-refractivity contribution in [2.24, 2.45) is 0 Å². The van der Waals surface area contributed by atoms with E-state index >= 15 is 0 Å². The third-order valence-corrected chi connectivity index (χ3v) is 2.90. The summed E-state index contributed by atoms with van der Waals surface area (Å²) in [5.41, 5.74) is 3.67. The zero-order valence-electron chi connectivity index (χ0n) is 8.29. The number of phenols is 1. The molecule has 0 bridgehead atoms. The number of aliphatic hydroxyl groups is 1. The molecule has 1 aliphatic rings. The fraction of sp³-hybridized carbons (Fsp3) is 0.500. The Hall–Kier alpha value is -1.02. The number of aryl methyl sites for hydroxylation is 3. The molecule has 0 atom stereocenters. The first kappa shape index (κ1) is 9.53. The molecule has 0 saturated heterocycles. The Balaban J connectivity index is 2.23. The van der Waals surface area contributed by atoms with Crippen LogP contribution in [-0.4, -0.2) is 16.8 Å². The average molecular weight is 192 g/mol. The molecular weight excluding hydrogens is 176 g/mol. The van der Waals surface area contributed by atoms with Crippen LogP contribution in [0.4, 0.5) is 0 Å². The first-order valence-electron chi connectivity index (χ1n) is 5.26. The van der Waals surface area contributed by atoms with Gasteiger partial charge >= 0.3 is 0 Å². The molecule has 0 saturated carbocycles. The SMILES string of the molecule is OCCCc1cc2c(cc1O)CCC2. The molecule has 1 aromatic carbocycles. The summed E-state index contributed by atoms with van der Waals surface area (Å²) in [6.45, 7) is 0.191.